The molecule has 1 aromatic carbocycles. The number of nitrogens with zero attached hydrogens (tertiary/aromatic N) is 1. The van der Waals surface area contributed by atoms with Gasteiger partial charge in [0.2, 0.25) is 0 Å². The van der Waals surface area contributed by atoms with E-state index in [1.807, 2.05) is 0 Å². The van der Waals surface area contributed by atoms with Crippen molar-refractivity contribution in [2.45, 2.75) is 33.1 Å². The smallest absolute Gasteiger partial charge is 0.0425 e. The van der Waals surface area contributed by atoms with Crippen molar-refractivity contribution in [2.24, 2.45) is 5.92 Å². The van der Waals surface area contributed by atoms with Gasteiger partial charge in [-0.3, -0.25) is 0 Å². The lowest BCUT2D eigenvalue weighted by atomic mass is 9.98. The molecule has 2 nitrogen and oxygen atoms in total. The van der Waals surface area contributed by atoms with Crippen LogP contribution in [0.1, 0.15) is 30.9 Å². The topological polar surface area (TPSA) is 15.3 Å². The molecule has 2 rings (SSSR count). The van der Waals surface area contributed by atoms with Crippen LogP contribution in [0, 0.1) is 12.8 Å². The Morgan fingerprint density at radius 3 is 2.89 bits per heavy atom. The zero-order valence-electron chi connectivity index (χ0n) is 12.0. The number of hydrogen-bond donors (Lipinski definition) is 1. The summed E-state index contributed by atoms with van der Waals surface area (Å²) in [6.45, 7) is 8.02. The first kappa shape index (κ1) is 13.4. The van der Waals surface area contributed by atoms with Crippen LogP contribution in [0.3, 0.4) is 0 Å². The second-order valence-corrected chi connectivity index (χ2v) is 5.53. The van der Waals surface area contributed by atoms with Gasteiger partial charge in [-0.25, -0.2) is 0 Å². The van der Waals surface area contributed by atoms with Gasteiger partial charge in [0.1, 0.15) is 0 Å². The second-order valence-electron chi connectivity index (χ2n) is 5.53. The van der Waals surface area contributed by atoms with Gasteiger partial charge in [-0.2, -0.15) is 0 Å². The first-order chi connectivity index (χ1) is 8.72. The van der Waals surface area contributed by atoms with Crippen LogP contribution in [0.5, 0.6) is 0 Å². The second kappa shape index (κ2) is 6.24. The van der Waals surface area contributed by atoms with E-state index in [0.717, 1.165) is 12.3 Å². The van der Waals surface area contributed by atoms with Crippen molar-refractivity contribution in [3.05, 3.63) is 29.3 Å². The van der Waals surface area contributed by atoms with Crippen LogP contribution in [0.4, 0.5) is 5.69 Å². The van der Waals surface area contributed by atoms with Gasteiger partial charge in [0.15, 0.2) is 0 Å². The predicted octanol–water partition coefficient (Wildman–Crippen LogP) is 2.99. The van der Waals surface area contributed by atoms with E-state index in [1.165, 1.54) is 49.3 Å². The summed E-state index contributed by atoms with van der Waals surface area (Å²) >= 11 is 0. The highest BCUT2D eigenvalue weighted by Crippen LogP contribution is 2.26. The largest absolute Gasteiger partial charge is 0.374 e. The number of nitrogens with one attached hydrogen (secondary N) is 1. The zero-order valence-corrected chi connectivity index (χ0v) is 12.0. The molecule has 1 atom stereocenters. The molecule has 1 unspecified atom stereocenters. The molecule has 0 bridgehead atoms. The average Bonchev–Trinajstić information content (AvgIpc) is 2.39. The normalized spacial score (nSPS) is 19.8. The Morgan fingerprint density at radius 2 is 2.22 bits per heavy atom. The molecule has 1 aliphatic heterocycles. The zero-order chi connectivity index (χ0) is 13.0. The van der Waals surface area contributed by atoms with Crippen LogP contribution in [-0.2, 0) is 6.42 Å². The number of piperidine rings is 1. The summed E-state index contributed by atoms with van der Waals surface area (Å²) < 4.78 is 0. The molecule has 0 saturated carbocycles. The van der Waals surface area contributed by atoms with Crippen LogP contribution in [0.25, 0.3) is 0 Å². The quantitative estimate of drug-likeness (QED) is 0.878. The Balaban J connectivity index is 2.09. The maximum Gasteiger partial charge on any atom is 0.0425 e. The number of rotatable bonds is 4. The van der Waals surface area contributed by atoms with Crippen molar-refractivity contribution >= 4 is 5.69 Å². The van der Waals surface area contributed by atoms with E-state index in [4.69, 9.17) is 0 Å². The Bertz CT molecular complexity index is 381. The Kier molecular flexibility index (Phi) is 4.65. The summed E-state index contributed by atoms with van der Waals surface area (Å²) in [7, 11) is 2.25. The molecule has 1 N–H and O–H groups in total. The molecule has 0 aliphatic carbocycles. The van der Waals surface area contributed by atoms with E-state index < -0.39 is 0 Å². The highest BCUT2D eigenvalue weighted by molar-refractivity contribution is 5.59. The van der Waals surface area contributed by atoms with Gasteiger partial charge in [-0.1, -0.05) is 25.1 Å². The minimum absolute atomic E-state index is 0.799. The molecular formula is C16H26N2. The molecule has 1 aromatic rings. The van der Waals surface area contributed by atoms with Gasteiger partial charge < -0.3 is 10.2 Å². The number of benzene rings is 1. The van der Waals surface area contributed by atoms with E-state index in [9.17, 15) is 0 Å². The van der Waals surface area contributed by atoms with E-state index >= 15 is 0 Å². The molecule has 1 saturated heterocycles. The number of hydrogen-bond acceptors (Lipinski definition) is 2. The number of anilines is 1. The fraction of sp³-hybridized carbons (Fsp3) is 0.625. The van der Waals surface area contributed by atoms with Crippen molar-refractivity contribution in [2.75, 3.05) is 31.6 Å². The standard InChI is InChI=1S/C16H26N2/c1-4-15-9-5-7-13(2)16(15)18(3)12-14-8-6-10-17-11-14/h5,7,9,14,17H,4,6,8,10-12H2,1-3H3. The highest BCUT2D eigenvalue weighted by Gasteiger charge is 2.17. The van der Waals surface area contributed by atoms with E-state index in [1.54, 1.807) is 0 Å². The molecule has 2 heteroatoms. The molecule has 100 valence electrons. The first-order valence-electron chi connectivity index (χ1n) is 7.22. The highest BCUT2D eigenvalue weighted by atomic mass is 15.1. The lowest BCUT2D eigenvalue weighted by Gasteiger charge is -2.31. The van der Waals surface area contributed by atoms with Crippen LogP contribution in [0.15, 0.2) is 18.2 Å². The first-order valence-corrected chi connectivity index (χ1v) is 7.22. The molecule has 0 radical (unpaired) electrons. The Hall–Kier alpha value is -1.02. The van der Waals surface area contributed by atoms with Crippen molar-refractivity contribution < 1.29 is 0 Å². The molecule has 0 amide bonds. The van der Waals surface area contributed by atoms with Gasteiger partial charge in [0.25, 0.3) is 0 Å². The molecule has 18 heavy (non-hydrogen) atoms. The summed E-state index contributed by atoms with van der Waals surface area (Å²) in [5.74, 6) is 0.799. The van der Waals surface area contributed by atoms with Gasteiger partial charge >= 0.3 is 0 Å². The number of aryl methyl sites for hydroxylation is 2. The summed E-state index contributed by atoms with van der Waals surface area (Å²) in [5.41, 5.74) is 4.33. The number of para-hydroxylation sites is 1. The third-order valence-corrected chi connectivity index (χ3v) is 4.01. The average molecular weight is 246 g/mol. The lowest BCUT2D eigenvalue weighted by Crippen LogP contribution is -2.37. The van der Waals surface area contributed by atoms with E-state index in [2.05, 4.69) is 49.3 Å². The summed E-state index contributed by atoms with van der Waals surface area (Å²) in [4.78, 5) is 2.46. The molecule has 1 heterocycles. The van der Waals surface area contributed by atoms with Gasteiger partial charge in [-0.05, 0) is 56.3 Å². The summed E-state index contributed by atoms with van der Waals surface area (Å²) in [6, 6.07) is 6.66. The lowest BCUT2D eigenvalue weighted by molar-refractivity contribution is 0.381. The van der Waals surface area contributed by atoms with Crippen molar-refractivity contribution in [1.82, 2.24) is 5.32 Å². The Labute approximate surface area is 111 Å². The predicted molar refractivity (Wildman–Crippen MR) is 79.4 cm³/mol. The van der Waals surface area contributed by atoms with Gasteiger partial charge in [-0.15, -0.1) is 0 Å². The van der Waals surface area contributed by atoms with E-state index in [-0.39, 0.29) is 0 Å². The fourth-order valence-electron chi connectivity index (χ4n) is 3.11. The van der Waals surface area contributed by atoms with E-state index in [0.29, 0.717) is 0 Å². The molecular weight excluding hydrogens is 220 g/mol. The fourth-order valence-corrected chi connectivity index (χ4v) is 3.11. The monoisotopic (exact) mass is 246 g/mol. The minimum Gasteiger partial charge on any atom is -0.374 e. The van der Waals surface area contributed by atoms with Gasteiger partial charge in [0, 0.05) is 19.3 Å². The molecule has 0 spiro atoms. The maximum absolute atomic E-state index is 3.51. The SMILES string of the molecule is CCc1cccc(C)c1N(C)CC1CCCNC1. The van der Waals surface area contributed by atoms with Crippen LogP contribution in [0.2, 0.25) is 0 Å². The van der Waals surface area contributed by atoms with Crippen molar-refractivity contribution in [3.8, 4) is 0 Å². The summed E-state index contributed by atoms with van der Waals surface area (Å²) in [5, 5.41) is 3.51. The third-order valence-electron chi connectivity index (χ3n) is 4.01. The maximum atomic E-state index is 3.51. The minimum atomic E-state index is 0.799. The van der Waals surface area contributed by atoms with Gasteiger partial charge in [0.05, 0.1) is 0 Å². The van der Waals surface area contributed by atoms with Crippen molar-refractivity contribution in [3.63, 3.8) is 0 Å². The van der Waals surface area contributed by atoms with Crippen LogP contribution < -0.4 is 10.2 Å². The third kappa shape index (κ3) is 3.05. The molecule has 0 aromatic heterocycles. The molecule has 1 aliphatic rings. The summed E-state index contributed by atoms with van der Waals surface area (Å²) in [6.07, 6.45) is 3.81. The van der Waals surface area contributed by atoms with Crippen LogP contribution >= 0.6 is 0 Å². The molecule has 1 fully saturated rings. The Morgan fingerprint density at radius 1 is 1.39 bits per heavy atom. The van der Waals surface area contributed by atoms with Crippen LogP contribution in [-0.4, -0.2) is 26.7 Å². The van der Waals surface area contributed by atoms with Crippen molar-refractivity contribution in [1.29, 1.82) is 0 Å².